The lowest BCUT2D eigenvalue weighted by Gasteiger charge is -2.10. The first-order valence-electron chi connectivity index (χ1n) is 10.6. The number of amides is 1. The second-order valence-corrected chi connectivity index (χ2v) is 9.25. The van der Waals surface area contributed by atoms with Crippen LogP contribution < -0.4 is 10.0 Å². The van der Waals surface area contributed by atoms with Crippen molar-refractivity contribution in [2.45, 2.75) is 11.3 Å². The number of sulfonamides is 1. The fraction of sp³-hybridized carbons (Fsp3) is 0.0741. The zero-order valence-electron chi connectivity index (χ0n) is 17.9. The molecule has 0 radical (unpaired) electrons. The fourth-order valence-corrected chi connectivity index (χ4v) is 4.49. The molecule has 166 valence electrons. The van der Waals surface area contributed by atoms with Crippen molar-refractivity contribution in [1.82, 2.24) is 5.32 Å². The third kappa shape index (κ3) is 5.87. The maximum Gasteiger partial charge on any atom is 0.261 e. The van der Waals surface area contributed by atoms with E-state index >= 15 is 0 Å². The van der Waals surface area contributed by atoms with Crippen molar-refractivity contribution >= 4 is 21.6 Å². The molecule has 4 aromatic rings. The molecule has 0 aliphatic heterocycles. The lowest BCUT2D eigenvalue weighted by atomic mass is 10.1. The fourth-order valence-electron chi connectivity index (χ4n) is 3.43. The van der Waals surface area contributed by atoms with Crippen LogP contribution in [0, 0.1) is 0 Å². The van der Waals surface area contributed by atoms with Gasteiger partial charge in [-0.25, -0.2) is 8.42 Å². The molecule has 0 unspecified atom stereocenters. The van der Waals surface area contributed by atoms with E-state index in [9.17, 15) is 13.2 Å². The molecule has 5 nitrogen and oxygen atoms in total. The molecule has 0 atom stereocenters. The third-order valence-corrected chi connectivity index (χ3v) is 6.61. The average Bonchev–Trinajstić information content (AvgIpc) is 2.85. The van der Waals surface area contributed by atoms with Gasteiger partial charge in [-0.1, -0.05) is 72.8 Å². The topological polar surface area (TPSA) is 75.3 Å². The first-order chi connectivity index (χ1) is 16.0. The van der Waals surface area contributed by atoms with E-state index in [1.807, 2.05) is 60.7 Å². The molecule has 0 aromatic heterocycles. The van der Waals surface area contributed by atoms with E-state index in [4.69, 9.17) is 0 Å². The monoisotopic (exact) mass is 456 g/mol. The van der Waals surface area contributed by atoms with E-state index < -0.39 is 10.0 Å². The zero-order chi connectivity index (χ0) is 23.1. The smallest absolute Gasteiger partial charge is 0.261 e. The van der Waals surface area contributed by atoms with Crippen LogP contribution in [-0.2, 0) is 16.4 Å². The second-order valence-electron chi connectivity index (χ2n) is 7.56. The van der Waals surface area contributed by atoms with E-state index in [1.54, 1.807) is 48.5 Å². The summed E-state index contributed by atoms with van der Waals surface area (Å²) in [6.45, 7) is 0.524. The molecule has 1 amide bonds. The maximum absolute atomic E-state index is 12.8. The highest BCUT2D eigenvalue weighted by Gasteiger charge is 2.15. The van der Waals surface area contributed by atoms with Gasteiger partial charge in [0.2, 0.25) is 0 Å². The number of hydrogen-bond acceptors (Lipinski definition) is 3. The summed E-state index contributed by atoms with van der Waals surface area (Å²) in [5.41, 5.74) is 3.98. The Labute approximate surface area is 194 Å². The highest BCUT2D eigenvalue weighted by Crippen LogP contribution is 2.22. The van der Waals surface area contributed by atoms with Gasteiger partial charge in [-0.2, -0.15) is 0 Å². The average molecular weight is 457 g/mol. The van der Waals surface area contributed by atoms with Gasteiger partial charge in [0, 0.05) is 17.8 Å². The summed E-state index contributed by atoms with van der Waals surface area (Å²) < 4.78 is 28.1. The molecule has 33 heavy (non-hydrogen) atoms. The van der Waals surface area contributed by atoms with Crippen LogP contribution in [-0.4, -0.2) is 20.9 Å². The summed E-state index contributed by atoms with van der Waals surface area (Å²) in [5, 5.41) is 2.88. The molecular formula is C27H24N2O3S. The Bertz CT molecular complexity index is 1300. The van der Waals surface area contributed by atoms with Crippen molar-refractivity contribution in [1.29, 1.82) is 0 Å². The molecule has 0 aliphatic carbocycles. The van der Waals surface area contributed by atoms with E-state index in [1.165, 1.54) is 0 Å². The maximum atomic E-state index is 12.8. The van der Waals surface area contributed by atoms with E-state index in [0.717, 1.165) is 23.1 Å². The van der Waals surface area contributed by atoms with Crippen molar-refractivity contribution in [2.24, 2.45) is 0 Å². The Morgan fingerprint density at radius 3 is 1.88 bits per heavy atom. The molecule has 0 heterocycles. The molecule has 0 saturated heterocycles. The predicted molar refractivity (Wildman–Crippen MR) is 132 cm³/mol. The van der Waals surface area contributed by atoms with Crippen molar-refractivity contribution in [3.05, 3.63) is 120 Å². The Morgan fingerprint density at radius 1 is 0.667 bits per heavy atom. The highest BCUT2D eigenvalue weighted by molar-refractivity contribution is 7.92. The molecule has 0 spiro atoms. The summed E-state index contributed by atoms with van der Waals surface area (Å²) in [4.78, 5) is 12.5. The van der Waals surface area contributed by atoms with Crippen LogP contribution in [0.15, 0.2) is 114 Å². The summed E-state index contributed by atoms with van der Waals surface area (Å²) in [5.74, 6) is -0.197. The number of benzene rings is 4. The van der Waals surface area contributed by atoms with Crippen LogP contribution in [0.4, 0.5) is 5.69 Å². The second kappa shape index (κ2) is 10.1. The van der Waals surface area contributed by atoms with Gasteiger partial charge in [0.25, 0.3) is 15.9 Å². The normalized spacial score (nSPS) is 11.0. The SMILES string of the molecule is O=C(NCCc1ccccc1)c1ccc(NS(=O)(=O)c2ccc(-c3ccccc3)cc2)cc1. The van der Waals surface area contributed by atoms with Crippen LogP contribution in [0.3, 0.4) is 0 Å². The number of anilines is 1. The van der Waals surface area contributed by atoms with Crippen molar-refractivity contribution in [2.75, 3.05) is 11.3 Å². The Kier molecular flexibility index (Phi) is 6.86. The van der Waals surface area contributed by atoms with Crippen LogP contribution in [0.1, 0.15) is 15.9 Å². The van der Waals surface area contributed by atoms with Gasteiger partial charge in [-0.3, -0.25) is 9.52 Å². The van der Waals surface area contributed by atoms with Crippen molar-refractivity contribution in [3.8, 4) is 11.1 Å². The van der Waals surface area contributed by atoms with E-state index in [-0.39, 0.29) is 10.8 Å². The van der Waals surface area contributed by atoms with Crippen LogP contribution in [0.5, 0.6) is 0 Å². The lowest BCUT2D eigenvalue weighted by molar-refractivity contribution is 0.0954. The summed E-state index contributed by atoms with van der Waals surface area (Å²) >= 11 is 0. The van der Waals surface area contributed by atoms with Gasteiger partial charge in [-0.05, 0) is 59.5 Å². The standard InChI is InChI=1S/C27H24N2O3S/c30-27(28-20-19-21-7-3-1-4-8-21)24-11-15-25(16-12-24)29-33(31,32)26-17-13-23(14-18-26)22-9-5-2-6-10-22/h1-18,29H,19-20H2,(H,28,30). The first-order valence-corrected chi connectivity index (χ1v) is 12.1. The van der Waals surface area contributed by atoms with Crippen molar-refractivity contribution < 1.29 is 13.2 Å². The van der Waals surface area contributed by atoms with Gasteiger partial charge in [0.1, 0.15) is 0 Å². The van der Waals surface area contributed by atoms with Crippen LogP contribution in [0.2, 0.25) is 0 Å². The molecule has 4 aromatic carbocycles. The molecule has 0 saturated carbocycles. The minimum absolute atomic E-state index is 0.171. The molecule has 6 heteroatoms. The first kappa shape index (κ1) is 22.3. The molecular weight excluding hydrogens is 432 g/mol. The Hall–Kier alpha value is -3.90. The van der Waals surface area contributed by atoms with Gasteiger partial charge in [0.15, 0.2) is 0 Å². The number of carbonyl (C=O) groups excluding carboxylic acids is 1. The minimum Gasteiger partial charge on any atom is -0.352 e. The summed E-state index contributed by atoms with van der Waals surface area (Å²) in [6.07, 6.45) is 0.744. The van der Waals surface area contributed by atoms with E-state index in [0.29, 0.717) is 17.8 Å². The number of carbonyl (C=O) groups is 1. The van der Waals surface area contributed by atoms with Gasteiger partial charge in [-0.15, -0.1) is 0 Å². The quantitative estimate of drug-likeness (QED) is 0.386. The van der Waals surface area contributed by atoms with Crippen molar-refractivity contribution in [3.63, 3.8) is 0 Å². The predicted octanol–water partition coefficient (Wildman–Crippen LogP) is 5.13. The number of hydrogen-bond donors (Lipinski definition) is 2. The Balaban J connectivity index is 1.36. The van der Waals surface area contributed by atoms with Crippen LogP contribution in [0.25, 0.3) is 11.1 Å². The number of nitrogens with one attached hydrogen (secondary N) is 2. The van der Waals surface area contributed by atoms with E-state index in [2.05, 4.69) is 10.0 Å². The lowest BCUT2D eigenvalue weighted by Crippen LogP contribution is -2.25. The summed E-state index contributed by atoms with van der Waals surface area (Å²) in [6, 6.07) is 32.8. The van der Waals surface area contributed by atoms with Gasteiger partial charge in [0.05, 0.1) is 4.90 Å². The molecule has 0 bridgehead atoms. The molecule has 0 fully saturated rings. The van der Waals surface area contributed by atoms with Gasteiger partial charge < -0.3 is 5.32 Å². The zero-order valence-corrected chi connectivity index (χ0v) is 18.8. The Morgan fingerprint density at radius 2 is 1.24 bits per heavy atom. The molecule has 2 N–H and O–H groups in total. The summed E-state index contributed by atoms with van der Waals surface area (Å²) in [7, 11) is -3.74. The van der Waals surface area contributed by atoms with Gasteiger partial charge >= 0.3 is 0 Å². The third-order valence-electron chi connectivity index (χ3n) is 5.21. The minimum atomic E-state index is -3.74. The number of rotatable bonds is 8. The van der Waals surface area contributed by atoms with Crippen LogP contribution >= 0.6 is 0 Å². The highest BCUT2D eigenvalue weighted by atomic mass is 32.2. The largest absolute Gasteiger partial charge is 0.352 e. The molecule has 0 aliphatic rings. The molecule has 4 rings (SSSR count).